The van der Waals surface area contributed by atoms with Crippen molar-refractivity contribution in [3.63, 3.8) is 0 Å². The Balaban J connectivity index is 2.77. The molecule has 0 saturated heterocycles. The molecule has 86 valence electrons. The van der Waals surface area contributed by atoms with Crippen molar-refractivity contribution in [2.75, 3.05) is 0 Å². The summed E-state index contributed by atoms with van der Waals surface area (Å²) < 4.78 is 5.23. The number of carbonyl (C=O) groups is 1. The van der Waals surface area contributed by atoms with Crippen LogP contribution < -0.4 is 4.74 Å². The zero-order chi connectivity index (χ0) is 12.3. The molecule has 1 aromatic carbocycles. The first-order chi connectivity index (χ1) is 7.30. The first-order valence-corrected chi connectivity index (χ1v) is 5.55. The lowest BCUT2D eigenvalue weighted by molar-refractivity contribution is -0.142. The van der Waals surface area contributed by atoms with Gasteiger partial charge in [-0.15, -0.1) is 0 Å². The Hall–Kier alpha value is -1.22. The van der Waals surface area contributed by atoms with Crippen LogP contribution in [0.25, 0.3) is 0 Å². The summed E-state index contributed by atoms with van der Waals surface area (Å²) in [4.78, 5) is 12.4. The van der Waals surface area contributed by atoms with E-state index in [0.29, 0.717) is 5.75 Å². The predicted octanol–water partition coefficient (Wildman–Crippen LogP) is 3.38. The zero-order valence-electron chi connectivity index (χ0n) is 10.0. The van der Waals surface area contributed by atoms with E-state index in [1.165, 1.54) is 0 Å². The van der Waals surface area contributed by atoms with E-state index in [2.05, 4.69) is 0 Å². The highest BCUT2D eigenvalue weighted by atomic mass is 32.1. The Morgan fingerprint density at radius 2 is 1.69 bits per heavy atom. The number of rotatable bonds is 2. The minimum Gasteiger partial charge on any atom is -0.426 e. The molecule has 2 nitrogen and oxygen atoms in total. The molecule has 0 amide bonds. The van der Waals surface area contributed by atoms with Gasteiger partial charge >= 0.3 is 5.97 Å². The average Bonchev–Trinajstić information content (AvgIpc) is 2.17. The Morgan fingerprint density at radius 1 is 1.19 bits per heavy atom. The molecular formula is C13H16O2S. The fourth-order valence-corrected chi connectivity index (χ4v) is 1.15. The van der Waals surface area contributed by atoms with Crippen LogP contribution in [0.3, 0.4) is 0 Å². The van der Waals surface area contributed by atoms with E-state index in [9.17, 15) is 4.79 Å². The van der Waals surface area contributed by atoms with Crippen molar-refractivity contribution in [2.24, 2.45) is 5.41 Å². The Bertz CT molecular complexity index is 399. The van der Waals surface area contributed by atoms with Crippen molar-refractivity contribution in [2.45, 2.75) is 27.7 Å². The first-order valence-electron chi connectivity index (χ1n) is 5.14. The van der Waals surface area contributed by atoms with E-state index < -0.39 is 5.41 Å². The molecule has 0 radical (unpaired) electrons. The van der Waals surface area contributed by atoms with Gasteiger partial charge in [-0.05, 0) is 45.4 Å². The minimum atomic E-state index is -0.487. The van der Waals surface area contributed by atoms with Gasteiger partial charge in [-0.3, -0.25) is 4.79 Å². The lowest BCUT2D eigenvalue weighted by Crippen LogP contribution is -2.25. The molecule has 0 aliphatic carbocycles. The average molecular weight is 236 g/mol. The van der Waals surface area contributed by atoms with Crippen LogP contribution in [0.5, 0.6) is 5.75 Å². The molecule has 1 aromatic rings. The number of carbonyl (C=O) groups excluding carboxylic acids is 1. The van der Waals surface area contributed by atoms with E-state index in [1.54, 1.807) is 12.1 Å². The van der Waals surface area contributed by atoms with Crippen LogP contribution in [0.4, 0.5) is 0 Å². The molecule has 0 heterocycles. The van der Waals surface area contributed by atoms with Gasteiger partial charge in [-0.2, -0.15) is 0 Å². The van der Waals surface area contributed by atoms with Crippen LogP contribution in [0, 0.1) is 5.41 Å². The lowest BCUT2D eigenvalue weighted by Gasteiger charge is -2.16. The largest absolute Gasteiger partial charge is 0.426 e. The summed E-state index contributed by atoms with van der Waals surface area (Å²) in [6.45, 7) is 7.34. The maximum absolute atomic E-state index is 11.6. The van der Waals surface area contributed by atoms with E-state index in [1.807, 2.05) is 39.8 Å². The number of hydrogen-bond acceptors (Lipinski definition) is 3. The Labute approximate surface area is 102 Å². The fourth-order valence-electron chi connectivity index (χ4n) is 1.02. The minimum absolute atomic E-state index is 0.237. The fraction of sp³-hybridized carbons (Fsp3) is 0.385. The van der Waals surface area contributed by atoms with E-state index >= 15 is 0 Å². The zero-order valence-corrected chi connectivity index (χ0v) is 10.9. The van der Waals surface area contributed by atoms with Crippen LogP contribution >= 0.6 is 12.2 Å². The Morgan fingerprint density at radius 3 is 2.06 bits per heavy atom. The van der Waals surface area contributed by atoms with Gasteiger partial charge in [0, 0.05) is 4.86 Å². The molecular weight excluding hydrogens is 220 g/mol. The highest BCUT2D eigenvalue weighted by molar-refractivity contribution is 7.80. The number of hydrogen-bond donors (Lipinski definition) is 0. The summed E-state index contributed by atoms with van der Waals surface area (Å²) in [6.07, 6.45) is 0. The van der Waals surface area contributed by atoms with Gasteiger partial charge in [0.1, 0.15) is 5.75 Å². The molecule has 0 bridgehead atoms. The summed E-state index contributed by atoms with van der Waals surface area (Å²) in [5, 5.41) is 0. The van der Waals surface area contributed by atoms with E-state index in [0.717, 1.165) is 10.4 Å². The highest BCUT2D eigenvalue weighted by Crippen LogP contribution is 2.19. The molecule has 0 aliphatic rings. The molecule has 0 fully saturated rings. The lowest BCUT2D eigenvalue weighted by atomic mass is 9.97. The smallest absolute Gasteiger partial charge is 0.316 e. The second-order valence-corrected chi connectivity index (χ2v) is 5.33. The summed E-state index contributed by atoms with van der Waals surface area (Å²) in [7, 11) is 0. The number of esters is 1. The van der Waals surface area contributed by atoms with Crippen molar-refractivity contribution < 1.29 is 9.53 Å². The maximum atomic E-state index is 11.6. The highest BCUT2D eigenvalue weighted by Gasteiger charge is 2.23. The van der Waals surface area contributed by atoms with Crippen molar-refractivity contribution in [3.05, 3.63) is 29.8 Å². The molecule has 0 spiro atoms. The summed E-state index contributed by atoms with van der Waals surface area (Å²) in [5.74, 6) is 0.319. The third-order valence-electron chi connectivity index (χ3n) is 2.08. The third kappa shape index (κ3) is 3.42. The molecule has 0 atom stereocenters. The van der Waals surface area contributed by atoms with Crippen molar-refractivity contribution >= 4 is 23.1 Å². The van der Waals surface area contributed by atoms with Gasteiger partial charge in [-0.1, -0.05) is 24.4 Å². The van der Waals surface area contributed by atoms with Crippen LogP contribution in [0.15, 0.2) is 24.3 Å². The van der Waals surface area contributed by atoms with Crippen molar-refractivity contribution in [1.29, 1.82) is 0 Å². The second kappa shape index (κ2) is 4.74. The SMILES string of the molecule is CC(=S)c1ccc(OC(=O)C(C)(C)C)cc1. The molecule has 0 saturated carbocycles. The maximum Gasteiger partial charge on any atom is 0.316 e. The summed E-state index contributed by atoms with van der Waals surface area (Å²) in [5.41, 5.74) is 0.490. The van der Waals surface area contributed by atoms with Crippen molar-refractivity contribution in [3.8, 4) is 5.75 Å². The standard InChI is InChI=1S/C13H16O2S/c1-9(16)10-5-7-11(8-6-10)15-12(14)13(2,3)4/h5-8H,1-4H3. The molecule has 3 heteroatoms. The Kier molecular flexibility index (Phi) is 3.81. The first kappa shape index (κ1) is 12.8. The molecule has 0 aliphatic heterocycles. The van der Waals surface area contributed by atoms with Crippen LogP contribution in [0.2, 0.25) is 0 Å². The van der Waals surface area contributed by atoms with Gasteiger partial charge < -0.3 is 4.74 Å². The van der Waals surface area contributed by atoms with Gasteiger partial charge in [0.25, 0.3) is 0 Å². The molecule has 0 N–H and O–H groups in total. The van der Waals surface area contributed by atoms with E-state index in [-0.39, 0.29) is 5.97 Å². The third-order valence-corrected chi connectivity index (χ3v) is 2.32. The predicted molar refractivity (Wildman–Crippen MR) is 68.9 cm³/mol. The topological polar surface area (TPSA) is 26.3 Å². The number of benzene rings is 1. The van der Waals surface area contributed by atoms with Crippen LogP contribution in [-0.2, 0) is 4.79 Å². The normalized spacial score (nSPS) is 11.0. The van der Waals surface area contributed by atoms with Crippen LogP contribution in [0.1, 0.15) is 33.3 Å². The van der Waals surface area contributed by atoms with E-state index in [4.69, 9.17) is 17.0 Å². The van der Waals surface area contributed by atoms with Gasteiger partial charge in [0.2, 0.25) is 0 Å². The number of ether oxygens (including phenoxy) is 1. The number of thiocarbonyl (C=S) groups is 1. The molecule has 0 aromatic heterocycles. The van der Waals surface area contributed by atoms with Gasteiger partial charge in [0.05, 0.1) is 5.41 Å². The second-order valence-electron chi connectivity index (χ2n) is 4.72. The van der Waals surface area contributed by atoms with Gasteiger partial charge in [0.15, 0.2) is 0 Å². The van der Waals surface area contributed by atoms with Gasteiger partial charge in [-0.25, -0.2) is 0 Å². The quantitative estimate of drug-likeness (QED) is 0.341. The molecule has 0 unspecified atom stereocenters. The molecule has 1 rings (SSSR count). The van der Waals surface area contributed by atoms with Crippen LogP contribution in [-0.4, -0.2) is 10.8 Å². The molecule has 16 heavy (non-hydrogen) atoms. The summed E-state index contributed by atoms with van der Waals surface area (Å²) >= 11 is 5.04. The van der Waals surface area contributed by atoms with Crippen molar-refractivity contribution in [1.82, 2.24) is 0 Å². The monoisotopic (exact) mass is 236 g/mol. The summed E-state index contributed by atoms with van der Waals surface area (Å²) in [6, 6.07) is 7.23.